The van der Waals surface area contributed by atoms with Gasteiger partial charge in [-0.05, 0) is 60.5 Å². The van der Waals surface area contributed by atoms with Gasteiger partial charge in [0.2, 0.25) is 5.60 Å². The molecular weight excluding hydrogens is 527 g/mol. The topological polar surface area (TPSA) is 89.8 Å². The van der Waals surface area contributed by atoms with Gasteiger partial charge in [0.25, 0.3) is 11.6 Å². The minimum Gasteiger partial charge on any atom is -0.438 e. The van der Waals surface area contributed by atoms with Crippen molar-refractivity contribution in [2.75, 3.05) is 6.54 Å². The second kappa shape index (κ2) is 12.0. The van der Waals surface area contributed by atoms with Crippen molar-refractivity contribution in [3.63, 3.8) is 0 Å². The highest BCUT2D eigenvalue weighted by molar-refractivity contribution is 6.30. The van der Waals surface area contributed by atoms with E-state index in [0.717, 1.165) is 37.7 Å². The van der Waals surface area contributed by atoms with Gasteiger partial charge >= 0.3 is 5.97 Å². The number of ether oxygens (including phenoxy) is 1. The molecule has 7 nitrogen and oxygen atoms in total. The fraction of sp³-hybridized carbons (Fsp3) is 0.310. The lowest BCUT2D eigenvalue weighted by Crippen LogP contribution is -2.68. The number of benzene rings is 3. The molecule has 0 spiro atoms. The van der Waals surface area contributed by atoms with Gasteiger partial charge in [-0.25, -0.2) is 4.79 Å². The highest BCUT2D eigenvalue weighted by Crippen LogP contribution is 2.53. The molecule has 4 rings (SSSR count). The summed E-state index contributed by atoms with van der Waals surface area (Å²) in [5, 5.41) is 12.3. The van der Waals surface area contributed by atoms with Crippen molar-refractivity contribution >= 4 is 40.8 Å². The van der Waals surface area contributed by atoms with Crippen molar-refractivity contribution in [1.82, 2.24) is 4.90 Å². The molecule has 0 bridgehead atoms. The molecule has 2 atom stereocenters. The van der Waals surface area contributed by atoms with Crippen LogP contribution in [0.5, 0.6) is 0 Å². The lowest BCUT2D eigenvalue weighted by Gasteiger charge is -2.55. The van der Waals surface area contributed by atoms with Crippen molar-refractivity contribution in [3.05, 3.63) is 110 Å². The maximum Gasteiger partial charge on any atom is 0.339 e. The van der Waals surface area contributed by atoms with E-state index >= 15 is 0 Å². The van der Waals surface area contributed by atoms with Crippen LogP contribution in [0.1, 0.15) is 66.6 Å². The van der Waals surface area contributed by atoms with Crippen LogP contribution < -0.4 is 0 Å². The molecule has 0 saturated carbocycles. The summed E-state index contributed by atoms with van der Waals surface area (Å²) in [6, 6.07) is 18.2. The first kappa shape index (κ1) is 27.6. The van der Waals surface area contributed by atoms with E-state index in [0.29, 0.717) is 22.2 Å². The van der Waals surface area contributed by atoms with E-state index in [1.54, 1.807) is 41.3 Å². The molecule has 38 heavy (non-hydrogen) atoms. The number of hydrogen-bond acceptors (Lipinski definition) is 5. The number of nitrogens with zero attached hydrogens (tertiary/aromatic N) is 2. The molecule has 1 saturated heterocycles. The van der Waals surface area contributed by atoms with Crippen molar-refractivity contribution in [2.24, 2.45) is 0 Å². The average molecular weight is 555 g/mol. The number of amides is 1. The second-order valence-electron chi connectivity index (χ2n) is 9.30. The van der Waals surface area contributed by atoms with Crippen LogP contribution in [0, 0.1) is 10.1 Å². The van der Waals surface area contributed by atoms with E-state index in [2.05, 4.69) is 6.92 Å². The zero-order chi connectivity index (χ0) is 27.3. The van der Waals surface area contributed by atoms with Crippen molar-refractivity contribution in [1.29, 1.82) is 0 Å². The summed E-state index contributed by atoms with van der Waals surface area (Å²) in [6.45, 7) is 2.63. The predicted molar refractivity (Wildman–Crippen MR) is 146 cm³/mol. The van der Waals surface area contributed by atoms with Gasteiger partial charge in [-0.2, -0.15) is 0 Å². The Hall–Kier alpha value is -3.42. The number of nitro benzene ring substituents is 1. The normalized spacial score (nSPS) is 18.7. The van der Waals surface area contributed by atoms with Gasteiger partial charge in [0.05, 0.1) is 10.5 Å². The molecule has 1 aliphatic rings. The molecule has 1 heterocycles. The third kappa shape index (κ3) is 5.54. The molecule has 1 aliphatic heterocycles. The molecule has 3 aromatic rings. The quantitative estimate of drug-likeness (QED) is 0.0803. The van der Waals surface area contributed by atoms with Crippen molar-refractivity contribution in [3.8, 4) is 0 Å². The number of non-ortho nitro benzene ring substituents is 1. The molecule has 0 aliphatic carbocycles. The molecule has 1 fully saturated rings. The number of hydrogen-bond donors (Lipinski definition) is 0. The summed E-state index contributed by atoms with van der Waals surface area (Å²) >= 11 is 12.1. The Morgan fingerprint density at radius 3 is 2.08 bits per heavy atom. The maximum atomic E-state index is 14.0. The maximum absolute atomic E-state index is 14.0. The number of rotatable bonds is 11. The van der Waals surface area contributed by atoms with E-state index in [1.165, 1.54) is 36.4 Å². The Morgan fingerprint density at radius 1 is 0.921 bits per heavy atom. The third-order valence-corrected chi connectivity index (χ3v) is 7.31. The number of esters is 1. The van der Waals surface area contributed by atoms with Crippen LogP contribution in [0.15, 0.2) is 72.8 Å². The number of nitro groups is 1. The van der Waals surface area contributed by atoms with Crippen molar-refractivity contribution < 1.29 is 19.2 Å². The third-order valence-electron chi connectivity index (χ3n) is 6.80. The SMILES string of the molecule is CCCCCCCN1C(=O)[C@](OC(=O)c2ccc(Cl)cc2)(c2ccc([N+](=O)[O-])cc2)[C@H]1c1ccc(Cl)cc1. The molecule has 0 aromatic heterocycles. The summed E-state index contributed by atoms with van der Waals surface area (Å²) in [7, 11) is 0. The zero-order valence-corrected chi connectivity index (χ0v) is 22.5. The fourth-order valence-electron chi connectivity index (χ4n) is 4.84. The molecule has 9 heteroatoms. The summed E-state index contributed by atoms with van der Waals surface area (Å²) in [6.07, 6.45) is 5.08. The highest BCUT2D eigenvalue weighted by atomic mass is 35.5. The predicted octanol–water partition coefficient (Wildman–Crippen LogP) is 7.51. The van der Waals surface area contributed by atoms with Gasteiger partial charge in [0.1, 0.15) is 6.04 Å². The first-order valence-corrected chi connectivity index (χ1v) is 13.3. The van der Waals surface area contributed by atoms with Crippen LogP contribution in [-0.2, 0) is 15.1 Å². The number of β-lactam (4-membered cyclic amide) rings is 1. The largest absolute Gasteiger partial charge is 0.438 e. The van der Waals surface area contributed by atoms with Gasteiger partial charge in [-0.3, -0.25) is 14.9 Å². The first-order valence-electron chi connectivity index (χ1n) is 12.6. The molecule has 0 unspecified atom stereocenters. The Bertz CT molecular complexity index is 1300. The van der Waals surface area contributed by atoms with Gasteiger partial charge in [0, 0.05) is 34.3 Å². The number of halogens is 2. The van der Waals surface area contributed by atoms with Crippen LogP contribution in [0.2, 0.25) is 10.0 Å². The van der Waals surface area contributed by atoms with E-state index in [-0.39, 0.29) is 17.2 Å². The van der Waals surface area contributed by atoms with E-state index in [4.69, 9.17) is 27.9 Å². The number of unbranched alkanes of at least 4 members (excludes halogenated alkanes) is 4. The van der Waals surface area contributed by atoms with Crippen LogP contribution in [-0.4, -0.2) is 28.2 Å². The molecular formula is C29H28Cl2N2O5. The second-order valence-corrected chi connectivity index (χ2v) is 10.2. The molecule has 198 valence electrons. The first-order chi connectivity index (χ1) is 18.3. The standard InChI is InChI=1S/C29H28Cl2N2O5/c1-2-3-4-5-6-19-32-26(20-7-13-23(30)14-8-20)29(28(32)35,22-11-17-25(18-12-22)33(36)37)38-27(34)21-9-15-24(31)16-10-21/h7-18,26H,2-6,19H2,1H3/t26-,29+/m1/s1. The highest BCUT2D eigenvalue weighted by Gasteiger charge is 2.65. The van der Waals surface area contributed by atoms with Crippen LogP contribution in [0.4, 0.5) is 5.69 Å². The average Bonchev–Trinajstić information content (AvgIpc) is 2.92. The monoisotopic (exact) mass is 554 g/mol. The molecule has 3 aromatic carbocycles. The summed E-state index contributed by atoms with van der Waals surface area (Å²) in [5.41, 5.74) is -0.502. The van der Waals surface area contributed by atoms with Crippen molar-refractivity contribution in [2.45, 2.75) is 50.7 Å². The summed E-state index contributed by atoms with van der Waals surface area (Å²) < 4.78 is 6.09. The van der Waals surface area contributed by atoms with E-state index in [9.17, 15) is 19.7 Å². The van der Waals surface area contributed by atoms with Gasteiger partial charge in [-0.15, -0.1) is 0 Å². The Labute approximate surface area is 231 Å². The minimum absolute atomic E-state index is 0.129. The summed E-state index contributed by atoms with van der Waals surface area (Å²) in [4.78, 5) is 39.8. The van der Waals surface area contributed by atoms with Crippen LogP contribution in [0.25, 0.3) is 0 Å². The van der Waals surface area contributed by atoms with Crippen LogP contribution >= 0.6 is 23.2 Å². The Balaban J connectivity index is 1.77. The van der Waals surface area contributed by atoms with E-state index in [1.807, 2.05) is 0 Å². The Morgan fingerprint density at radius 2 is 1.50 bits per heavy atom. The number of carbonyl (C=O) groups excluding carboxylic acids is 2. The molecule has 1 amide bonds. The van der Waals surface area contributed by atoms with Gasteiger partial charge < -0.3 is 9.64 Å². The lowest BCUT2D eigenvalue weighted by atomic mass is 9.72. The van der Waals surface area contributed by atoms with E-state index < -0.39 is 22.5 Å². The number of likely N-dealkylation sites (tertiary alicyclic amines) is 1. The molecule has 0 N–H and O–H groups in total. The van der Waals surface area contributed by atoms with Gasteiger partial charge in [0.15, 0.2) is 0 Å². The lowest BCUT2D eigenvalue weighted by molar-refractivity contribution is -0.384. The minimum atomic E-state index is -1.71. The zero-order valence-electron chi connectivity index (χ0n) is 20.9. The Kier molecular flexibility index (Phi) is 8.69. The summed E-state index contributed by atoms with van der Waals surface area (Å²) in [5.74, 6) is -1.07. The van der Waals surface area contributed by atoms with Crippen LogP contribution in [0.3, 0.4) is 0 Å². The number of carbonyl (C=O) groups is 2. The fourth-order valence-corrected chi connectivity index (χ4v) is 5.09. The molecule has 0 radical (unpaired) electrons. The smallest absolute Gasteiger partial charge is 0.339 e. The van der Waals surface area contributed by atoms with Gasteiger partial charge in [-0.1, -0.05) is 67.9 Å².